The standard InChI is InChI=1S/C24H27N3O5S/c1-16-6-5-11-27(15-16)33(30,31)18-9-10-21-19(12-18)20(13-23(28)26-21)24(29)25-14-17-7-3-4-8-22(17)32-2/h3-4,7-10,12-13,16H,5-6,11,14-15H2,1-2H3,(H,25,29)(H,26,28)/t16-/m1/s1. The van der Waals surface area contributed by atoms with Gasteiger partial charge in [-0.3, -0.25) is 9.59 Å². The molecule has 0 spiro atoms. The monoisotopic (exact) mass is 469 g/mol. The number of hydrogen-bond donors (Lipinski definition) is 2. The largest absolute Gasteiger partial charge is 0.496 e. The highest BCUT2D eigenvalue weighted by Gasteiger charge is 2.29. The molecular formula is C24H27N3O5S. The van der Waals surface area contributed by atoms with Crippen molar-refractivity contribution in [1.82, 2.24) is 14.6 Å². The van der Waals surface area contributed by atoms with Gasteiger partial charge in [-0.05, 0) is 43.0 Å². The van der Waals surface area contributed by atoms with Crippen LogP contribution < -0.4 is 15.6 Å². The van der Waals surface area contributed by atoms with E-state index in [4.69, 9.17) is 4.74 Å². The SMILES string of the molecule is COc1ccccc1CNC(=O)c1cc(=O)[nH]c2ccc(S(=O)(=O)N3CCC[C@@H](C)C3)cc12. The summed E-state index contributed by atoms with van der Waals surface area (Å²) in [5.41, 5.74) is 0.860. The third-order valence-corrected chi connectivity index (χ3v) is 7.81. The summed E-state index contributed by atoms with van der Waals surface area (Å²) in [7, 11) is -2.16. The van der Waals surface area contributed by atoms with Gasteiger partial charge in [-0.2, -0.15) is 4.31 Å². The molecule has 174 valence electrons. The first-order valence-electron chi connectivity index (χ1n) is 10.9. The predicted octanol–water partition coefficient (Wildman–Crippen LogP) is 2.89. The van der Waals surface area contributed by atoms with Gasteiger partial charge in [-0.1, -0.05) is 25.1 Å². The van der Waals surface area contributed by atoms with Crippen molar-refractivity contribution in [3.05, 3.63) is 70.0 Å². The number of fused-ring (bicyclic) bond motifs is 1. The fourth-order valence-electron chi connectivity index (χ4n) is 4.21. The van der Waals surface area contributed by atoms with E-state index in [2.05, 4.69) is 10.3 Å². The molecule has 3 aromatic rings. The number of H-pyrrole nitrogens is 1. The number of carbonyl (C=O) groups excluding carboxylic acids is 1. The molecule has 0 bridgehead atoms. The number of nitrogens with one attached hydrogen (secondary N) is 2. The molecule has 1 atom stereocenters. The Morgan fingerprint density at radius 1 is 1.21 bits per heavy atom. The number of hydrogen-bond acceptors (Lipinski definition) is 5. The van der Waals surface area contributed by atoms with Crippen LogP contribution in [0.4, 0.5) is 0 Å². The molecular weight excluding hydrogens is 442 g/mol. The summed E-state index contributed by atoms with van der Waals surface area (Å²) in [6.45, 7) is 3.18. The molecule has 9 heteroatoms. The summed E-state index contributed by atoms with van der Waals surface area (Å²) in [5.74, 6) is 0.456. The Kier molecular flexibility index (Phi) is 6.53. The third-order valence-electron chi connectivity index (χ3n) is 5.95. The molecule has 1 fully saturated rings. The summed E-state index contributed by atoms with van der Waals surface area (Å²) in [6.07, 6.45) is 1.82. The lowest BCUT2D eigenvalue weighted by Gasteiger charge is -2.30. The van der Waals surface area contributed by atoms with Crippen LogP contribution in [-0.4, -0.2) is 43.8 Å². The zero-order chi connectivity index (χ0) is 23.6. The minimum atomic E-state index is -3.71. The molecule has 33 heavy (non-hydrogen) atoms. The molecule has 2 N–H and O–H groups in total. The molecule has 2 heterocycles. The van der Waals surface area contributed by atoms with E-state index < -0.39 is 21.5 Å². The average Bonchev–Trinajstić information content (AvgIpc) is 2.81. The Bertz CT molecular complexity index is 1350. The molecule has 1 amide bonds. The van der Waals surface area contributed by atoms with E-state index in [0.29, 0.717) is 35.7 Å². The number of sulfonamides is 1. The van der Waals surface area contributed by atoms with Gasteiger partial charge in [0.05, 0.1) is 17.6 Å². The average molecular weight is 470 g/mol. The first kappa shape index (κ1) is 23.0. The van der Waals surface area contributed by atoms with Crippen molar-refractivity contribution in [2.75, 3.05) is 20.2 Å². The second-order valence-corrected chi connectivity index (χ2v) is 10.3. The fraction of sp³-hybridized carbons (Fsp3) is 0.333. The molecule has 0 saturated carbocycles. The van der Waals surface area contributed by atoms with Crippen LogP contribution in [0.15, 0.2) is 58.2 Å². The number of para-hydroxylation sites is 1. The lowest BCUT2D eigenvalue weighted by Crippen LogP contribution is -2.39. The van der Waals surface area contributed by atoms with Crippen LogP contribution >= 0.6 is 0 Å². The normalized spacial score (nSPS) is 17.1. The van der Waals surface area contributed by atoms with E-state index in [1.54, 1.807) is 13.2 Å². The number of aromatic amines is 1. The van der Waals surface area contributed by atoms with Crippen molar-refractivity contribution in [3.8, 4) is 5.75 Å². The van der Waals surface area contributed by atoms with E-state index in [0.717, 1.165) is 18.4 Å². The molecule has 0 aliphatic carbocycles. The molecule has 1 saturated heterocycles. The number of carbonyl (C=O) groups is 1. The number of rotatable bonds is 6. The lowest BCUT2D eigenvalue weighted by molar-refractivity contribution is 0.0952. The number of benzene rings is 2. The Labute approximate surface area is 192 Å². The van der Waals surface area contributed by atoms with Crippen molar-refractivity contribution in [1.29, 1.82) is 0 Å². The molecule has 0 radical (unpaired) electrons. The molecule has 8 nitrogen and oxygen atoms in total. The molecule has 0 unspecified atom stereocenters. The summed E-state index contributed by atoms with van der Waals surface area (Å²) in [4.78, 5) is 28.0. The maximum absolute atomic E-state index is 13.2. The number of nitrogens with zero attached hydrogens (tertiary/aromatic N) is 1. The second-order valence-electron chi connectivity index (χ2n) is 8.36. The van der Waals surface area contributed by atoms with Gasteiger partial charge in [0.1, 0.15) is 5.75 Å². The summed E-state index contributed by atoms with van der Waals surface area (Å²) in [5, 5.41) is 3.18. The summed E-state index contributed by atoms with van der Waals surface area (Å²) in [6, 6.07) is 13.0. The minimum Gasteiger partial charge on any atom is -0.496 e. The Morgan fingerprint density at radius 3 is 2.76 bits per heavy atom. The van der Waals surface area contributed by atoms with E-state index >= 15 is 0 Å². The molecule has 2 aromatic carbocycles. The van der Waals surface area contributed by atoms with Gasteiger partial charge < -0.3 is 15.0 Å². The van der Waals surface area contributed by atoms with E-state index in [-0.39, 0.29) is 17.0 Å². The van der Waals surface area contributed by atoms with Gasteiger partial charge in [-0.15, -0.1) is 0 Å². The molecule has 1 aliphatic rings. The maximum atomic E-state index is 13.2. The number of piperidine rings is 1. The van der Waals surface area contributed by atoms with Gasteiger partial charge in [0.15, 0.2) is 0 Å². The first-order chi connectivity index (χ1) is 15.8. The molecule has 4 rings (SSSR count). The van der Waals surface area contributed by atoms with Crippen molar-refractivity contribution < 1.29 is 17.9 Å². The molecule has 1 aromatic heterocycles. The van der Waals surface area contributed by atoms with Gasteiger partial charge in [0.25, 0.3) is 5.91 Å². The van der Waals surface area contributed by atoms with Crippen molar-refractivity contribution in [2.45, 2.75) is 31.2 Å². The zero-order valence-corrected chi connectivity index (χ0v) is 19.4. The Hall–Kier alpha value is -3.17. The number of aromatic nitrogens is 1. The zero-order valence-electron chi connectivity index (χ0n) is 18.6. The highest BCUT2D eigenvalue weighted by atomic mass is 32.2. The number of amides is 1. The van der Waals surface area contributed by atoms with Crippen molar-refractivity contribution in [2.24, 2.45) is 5.92 Å². The fourth-order valence-corrected chi connectivity index (χ4v) is 5.84. The van der Waals surface area contributed by atoms with Crippen LogP contribution in [0.5, 0.6) is 5.75 Å². The van der Waals surface area contributed by atoms with Gasteiger partial charge in [0, 0.05) is 42.2 Å². The Morgan fingerprint density at radius 2 is 2.00 bits per heavy atom. The second kappa shape index (κ2) is 9.36. The van der Waals surface area contributed by atoms with E-state index in [1.165, 1.54) is 28.6 Å². The highest BCUT2D eigenvalue weighted by Crippen LogP contribution is 2.26. The molecule has 1 aliphatic heterocycles. The van der Waals surface area contributed by atoms with Gasteiger partial charge >= 0.3 is 0 Å². The van der Waals surface area contributed by atoms with Crippen LogP contribution in [0.3, 0.4) is 0 Å². The van der Waals surface area contributed by atoms with Gasteiger partial charge in [0.2, 0.25) is 15.6 Å². The van der Waals surface area contributed by atoms with Crippen LogP contribution in [0.1, 0.15) is 35.7 Å². The summed E-state index contributed by atoms with van der Waals surface area (Å²) < 4.78 is 33.3. The number of ether oxygens (including phenoxy) is 1. The lowest BCUT2D eigenvalue weighted by atomic mass is 10.0. The summed E-state index contributed by atoms with van der Waals surface area (Å²) >= 11 is 0. The minimum absolute atomic E-state index is 0.106. The smallest absolute Gasteiger partial charge is 0.252 e. The van der Waals surface area contributed by atoms with E-state index in [1.807, 2.05) is 25.1 Å². The topological polar surface area (TPSA) is 109 Å². The van der Waals surface area contributed by atoms with Crippen LogP contribution in [-0.2, 0) is 16.6 Å². The maximum Gasteiger partial charge on any atom is 0.252 e. The number of pyridine rings is 1. The quantitative estimate of drug-likeness (QED) is 0.577. The highest BCUT2D eigenvalue weighted by molar-refractivity contribution is 7.89. The van der Waals surface area contributed by atoms with Crippen LogP contribution in [0.25, 0.3) is 10.9 Å². The third kappa shape index (κ3) is 4.79. The predicted molar refractivity (Wildman–Crippen MR) is 126 cm³/mol. The van der Waals surface area contributed by atoms with Crippen molar-refractivity contribution in [3.63, 3.8) is 0 Å². The van der Waals surface area contributed by atoms with Crippen LogP contribution in [0.2, 0.25) is 0 Å². The number of methoxy groups -OCH3 is 1. The Balaban J connectivity index is 1.68. The first-order valence-corrected chi connectivity index (χ1v) is 12.3. The van der Waals surface area contributed by atoms with Gasteiger partial charge in [-0.25, -0.2) is 8.42 Å². The van der Waals surface area contributed by atoms with E-state index in [9.17, 15) is 18.0 Å². The van der Waals surface area contributed by atoms with Crippen molar-refractivity contribution >= 4 is 26.8 Å². The van der Waals surface area contributed by atoms with Crippen LogP contribution in [0, 0.1) is 5.92 Å².